The van der Waals surface area contributed by atoms with Crippen molar-refractivity contribution in [3.05, 3.63) is 140 Å². The number of aryl methyl sites for hydroxylation is 1. The van der Waals surface area contributed by atoms with Crippen molar-refractivity contribution in [1.29, 1.82) is 0 Å². The van der Waals surface area contributed by atoms with Crippen molar-refractivity contribution in [2.75, 3.05) is 7.11 Å². The van der Waals surface area contributed by atoms with Gasteiger partial charge in [0.1, 0.15) is 17.9 Å². The molecule has 0 aliphatic rings. The van der Waals surface area contributed by atoms with Crippen LogP contribution in [0.4, 0.5) is 4.39 Å². The number of fused-ring (bicyclic) bond motifs is 3. The van der Waals surface area contributed by atoms with Gasteiger partial charge in [-0.05, 0) is 28.8 Å². The van der Waals surface area contributed by atoms with E-state index >= 15 is 4.39 Å². The van der Waals surface area contributed by atoms with Crippen molar-refractivity contribution in [1.82, 2.24) is 29.3 Å². The number of hydrogen-bond donors (Lipinski definition) is 0. The molecule has 0 saturated heterocycles. The minimum absolute atomic E-state index is 0. The van der Waals surface area contributed by atoms with E-state index in [2.05, 4.69) is 38.2 Å². The number of pyridine rings is 1. The Morgan fingerprint density at radius 2 is 1.58 bits per heavy atom. The van der Waals surface area contributed by atoms with Crippen molar-refractivity contribution in [3.8, 4) is 51.1 Å². The second-order valence-corrected chi connectivity index (χ2v) is 10.9. The number of ether oxygens (including phenoxy) is 2. The van der Waals surface area contributed by atoms with Crippen LogP contribution < -0.4 is 9.47 Å². The molecule has 48 heavy (non-hydrogen) atoms. The molecule has 0 aliphatic carbocycles. The average molecular weight is 812 g/mol. The van der Waals surface area contributed by atoms with Crippen LogP contribution in [0.1, 0.15) is 5.56 Å². The van der Waals surface area contributed by atoms with Gasteiger partial charge in [0.2, 0.25) is 5.95 Å². The van der Waals surface area contributed by atoms with Crippen molar-refractivity contribution < 1.29 is 34.9 Å². The van der Waals surface area contributed by atoms with Gasteiger partial charge < -0.3 is 14.0 Å². The molecule has 10 heteroatoms. The van der Waals surface area contributed by atoms with Crippen molar-refractivity contribution >= 4 is 21.8 Å². The van der Waals surface area contributed by atoms with Crippen molar-refractivity contribution in [3.63, 3.8) is 0 Å². The molecular formula is C38H25FN6O2Pt. The summed E-state index contributed by atoms with van der Waals surface area (Å²) in [7, 11) is 1.63. The number of para-hydroxylation sites is 1. The third-order valence-corrected chi connectivity index (χ3v) is 7.90. The fourth-order valence-corrected chi connectivity index (χ4v) is 5.89. The largest absolute Gasteiger partial charge is 2.00 e. The van der Waals surface area contributed by atoms with E-state index in [-0.39, 0.29) is 21.1 Å². The Hall–Kier alpha value is -5.66. The number of benzene rings is 4. The summed E-state index contributed by atoms with van der Waals surface area (Å²) in [5.41, 5.74) is 5.29. The normalized spacial score (nSPS) is 11.1. The molecule has 0 unspecified atom stereocenters. The zero-order valence-corrected chi connectivity index (χ0v) is 27.9. The Morgan fingerprint density at radius 1 is 0.792 bits per heavy atom. The molecule has 8 aromatic rings. The first-order valence-corrected chi connectivity index (χ1v) is 14.8. The maximum Gasteiger partial charge on any atom is 2.00 e. The number of nitrogens with zero attached hydrogens (tertiary/aromatic N) is 6. The summed E-state index contributed by atoms with van der Waals surface area (Å²) >= 11 is 0. The number of halogens is 1. The van der Waals surface area contributed by atoms with Gasteiger partial charge in [0.05, 0.1) is 18.4 Å². The quantitative estimate of drug-likeness (QED) is 0.151. The van der Waals surface area contributed by atoms with E-state index in [4.69, 9.17) is 9.47 Å². The molecule has 0 atom stereocenters. The van der Waals surface area contributed by atoms with Gasteiger partial charge in [-0.25, -0.2) is 15.0 Å². The monoisotopic (exact) mass is 811 g/mol. The van der Waals surface area contributed by atoms with Crippen LogP contribution in [0.5, 0.6) is 17.2 Å². The molecular weight excluding hydrogens is 787 g/mol. The van der Waals surface area contributed by atoms with E-state index in [0.717, 1.165) is 27.4 Å². The molecule has 0 bridgehead atoms. The van der Waals surface area contributed by atoms with Crippen LogP contribution in [0, 0.1) is 25.0 Å². The van der Waals surface area contributed by atoms with Gasteiger partial charge in [0.15, 0.2) is 0 Å². The molecule has 0 saturated carbocycles. The summed E-state index contributed by atoms with van der Waals surface area (Å²) in [6.45, 7) is 1.94. The molecule has 4 aromatic carbocycles. The van der Waals surface area contributed by atoms with E-state index in [9.17, 15) is 0 Å². The summed E-state index contributed by atoms with van der Waals surface area (Å²) in [6.07, 6.45) is 6.43. The summed E-state index contributed by atoms with van der Waals surface area (Å²) in [4.78, 5) is 13.0. The van der Waals surface area contributed by atoms with Gasteiger partial charge in [0, 0.05) is 47.2 Å². The number of hydrogen-bond acceptors (Lipinski definition) is 6. The molecule has 8 nitrogen and oxygen atoms in total. The fourth-order valence-electron chi connectivity index (χ4n) is 5.89. The first-order valence-electron chi connectivity index (χ1n) is 14.8. The molecule has 4 heterocycles. The van der Waals surface area contributed by atoms with Gasteiger partial charge in [-0.15, -0.1) is 40.8 Å². The Morgan fingerprint density at radius 3 is 2.40 bits per heavy atom. The first kappa shape index (κ1) is 31.0. The predicted molar refractivity (Wildman–Crippen MR) is 178 cm³/mol. The second-order valence-electron chi connectivity index (χ2n) is 10.9. The number of aromatic nitrogens is 6. The minimum atomic E-state index is -0.620. The van der Waals surface area contributed by atoms with Crippen LogP contribution in [0.15, 0.2) is 116 Å². The smallest absolute Gasteiger partial charge is 0.509 e. The van der Waals surface area contributed by atoms with E-state index in [1.54, 1.807) is 25.7 Å². The molecule has 236 valence electrons. The van der Waals surface area contributed by atoms with E-state index in [1.165, 1.54) is 11.0 Å². The predicted octanol–water partition coefficient (Wildman–Crippen LogP) is 8.33. The fraction of sp³-hybridized carbons (Fsp3) is 0.0526. The topological polar surface area (TPSA) is 79.9 Å². The Bertz CT molecular complexity index is 2410. The Kier molecular flexibility index (Phi) is 8.29. The van der Waals surface area contributed by atoms with Gasteiger partial charge in [0.25, 0.3) is 0 Å². The van der Waals surface area contributed by atoms with E-state index < -0.39 is 5.95 Å². The molecule has 0 N–H and O–H groups in total. The first-order chi connectivity index (χ1) is 23.1. The SMILES string of the molecule is COc1ccnc(-n2c3[c-]c(Oc4[c-]c(-n5nc(F)c(-c6ccccc6)c5-c5cncnc5)cc(C)c4)ccc3c3ccccc32)c1.[Pt+2]. The Labute approximate surface area is 289 Å². The zero-order valence-electron chi connectivity index (χ0n) is 25.7. The van der Waals surface area contributed by atoms with Crippen molar-refractivity contribution in [2.45, 2.75) is 6.92 Å². The van der Waals surface area contributed by atoms with Crippen LogP contribution >= 0.6 is 0 Å². The average Bonchev–Trinajstić information content (AvgIpc) is 3.63. The number of methoxy groups -OCH3 is 1. The summed E-state index contributed by atoms with van der Waals surface area (Å²) < 4.78 is 31.1. The standard InChI is InChI=1S/C38H25FN6O2.Pt/c1-24-16-27(45-37(26-21-40-23-41-22-26)36(38(39)43-45)25-8-4-3-5-9-25)18-30(17-24)47-29-12-13-32-31-10-6-7-11-33(31)44(34(32)19-29)35-20-28(46-2)14-15-42-35;/h3-17,20-23H,1-2H3;/q-2;+2. The molecule has 8 rings (SSSR count). The molecule has 0 spiro atoms. The summed E-state index contributed by atoms with van der Waals surface area (Å²) in [5.74, 6) is 1.67. The minimum Gasteiger partial charge on any atom is -0.509 e. The molecule has 0 fully saturated rings. The van der Waals surface area contributed by atoms with Gasteiger partial charge in [-0.3, -0.25) is 4.68 Å². The third-order valence-electron chi connectivity index (χ3n) is 7.90. The van der Waals surface area contributed by atoms with Crippen LogP contribution in [0.3, 0.4) is 0 Å². The van der Waals surface area contributed by atoms with E-state index in [0.29, 0.717) is 51.1 Å². The molecule has 0 aliphatic heterocycles. The van der Waals surface area contributed by atoms with Crippen LogP contribution in [-0.4, -0.2) is 36.4 Å². The van der Waals surface area contributed by atoms with Gasteiger partial charge in [-0.2, -0.15) is 16.0 Å². The van der Waals surface area contributed by atoms with Crippen LogP contribution in [-0.2, 0) is 21.1 Å². The van der Waals surface area contributed by atoms with E-state index in [1.807, 2.05) is 96.4 Å². The Balaban J connectivity index is 0.00000364. The maximum atomic E-state index is 15.7. The van der Waals surface area contributed by atoms with Crippen LogP contribution in [0.2, 0.25) is 0 Å². The molecule has 4 aromatic heterocycles. The van der Waals surface area contributed by atoms with Crippen molar-refractivity contribution in [2.24, 2.45) is 0 Å². The number of rotatable bonds is 7. The van der Waals surface area contributed by atoms with Gasteiger partial charge >= 0.3 is 21.1 Å². The molecule has 0 radical (unpaired) electrons. The zero-order chi connectivity index (χ0) is 31.9. The summed E-state index contributed by atoms with van der Waals surface area (Å²) in [5, 5.41) is 6.39. The third kappa shape index (κ3) is 5.52. The van der Waals surface area contributed by atoms with Gasteiger partial charge in [-0.1, -0.05) is 61.0 Å². The van der Waals surface area contributed by atoms with Crippen LogP contribution in [0.25, 0.3) is 55.7 Å². The molecule has 0 amide bonds. The second kappa shape index (κ2) is 12.9. The summed E-state index contributed by atoms with van der Waals surface area (Å²) in [6, 6.07) is 35.5. The maximum absolute atomic E-state index is 15.7.